The first kappa shape index (κ1) is 14.2. The molecule has 0 aliphatic rings. The van der Waals surface area contributed by atoms with Crippen molar-refractivity contribution in [1.82, 2.24) is 19.9 Å². The number of hydrogen-bond acceptors (Lipinski definition) is 6. The second-order valence-corrected chi connectivity index (χ2v) is 6.06. The summed E-state index contributed by atoms with van der Waals surface area (Å²) in [5.74, 6) is 1.36. The van der Waals surface area contributed by atoms with E-state index in [4.69, 9.17) is 4.52 Å². The van der Waals surface area contributed by atoms with Crippen LogP contribution in [0.2, 0.25) is 0 Å². The third-order valence-electron chi connectivity index (χ3n) is 2.61. The zero-order valence-electron chi connectivity index (χ0n) is 11.9. The minimum atomic E-state index is 0.618. The second kappa shape index (κ2) is 6.27. The Balaban J connectivity index is 1.88. The van der Waals surface area contributed by atoms with E-state index in [-0.39, 0.29) is 0 Å². The molecule has 6 heteroatoms. The minimum absolute atomic E-state index is 0.618. The molecule has 2 aromatic rings. The van der Waals surface area contributed by atoms with E-state index in [1.807, 2.05) is 6.92 Å². The quantitative estimate of drug-likeness (QED) is 0.811. The lowest BCUT2D eigenvalue weighted by molar-refractivity contribution is 0.302. The SMILES string of the molecule is Cc1nc(CN(C)Cc2cc(CN(C)C)cs2)no1. The highest BCUT2D eigenvalue weighted by Crippen LogP contribution is 2.18. The summed E-state index contributed by atoms with van der Waals surface area (Å²) in [6, 6.07) is 2.27. The van der Waals surface area contributed by atoms with Crippen molar-refractivity contribution in [1.29, 1.82) is 0 Å². The topological polar surface area (TPSA) is 45.4 Å². The maximum atomic E-state index is 4.97. The van der Waals surface area contributed by atoms with Gasteiger partial charge in [-0.25, -0.2) is 0 Å². The molecule has 0 aliphatic heterocycles. The van der Waals surface area contributed by atoms with Gasteiger partial charge in [-0.15, -0.1) is 11.3 Å². The molecule has 0 fully saturated rings. The average molecular weight is 280 g/mol. The van der Waals surface area contributed by atoms with E-state index in [0.29, 0.717) is 12.4 Å². The van der Waals surface area contributed by atoms with Crippen molar-refractivity contribution in [2.45, 2.75) is 26.6 Å². The molecule has 0 spiro atoms. The molecule has 104 valence electrons. The average Bonchev–Trinajstić information content (AvgIpc) is 2.88. The molecule has 5 nitrogen and oxygen atoms in total. The molecule has 0 saturated heterocycles. The smallest absolute Gasteiger partial charge is 0.223 e. The summed E-state index contributed by atoms with van der Waals surface area (Å²) in [6.07, 6.45) is 0. The summed E-state index contributed by atoms with van der Waals surface area (Å²) < 4.78 is 4.97. The van der Waals surface area contributed by atoms with E-state index in [1.54, 1.807) is 11.3 Å². The summed E-state index contributed by atoms with van der Waals surface area (Å²) in [7, 11) is 6.24. The molecule has 0 aliphatic carbocycles. The third kappa shape index (κ3) is 4.41. The molecule has 0 bridgehead atoms. The van der Waals surface area contributed by atoms with Gasteiger partial charge in [0.05, 0.1) is 6.54 Å². The third-order valence-corrected chi connectivity index (χ3v) is 3.58. The van der Waals surface area contributed by atoms with Crippen LogP contribution >= 0.6 is 11.3 Å². The van der Waals surface area contributed by atoms with E-state index < -0.39 is 0 Å². The molecular weight excluding hydrogens is 260 g/mol. The van der Waals surface area contributed by atoms with Crippen LogP contribution in [0.15, 0.2) is 16.0 Å². The van der Waals surface area contributed by atoms with Gasteiger partial charge in [-0.2, -0.15) is 4.98 Å². The standard InChI is InChI=1S/C13H20N4OS/c1-10-14-13(15-18-10)8-17(4)7-12-5-11(9-19-12)6-16(2)3/h5,9H,6-8H2,1-4H3. The molecule has 0 saturated carbocycles. The molecule has 0 amide bonds. The summed E-state index contributed by atoms with van der Waals surface area (Å²) in [6.45, 7) is 4.41. The van der Waals surface area contributed by atoms with Gasteiger partial charge in [0, 0.05) is 24.9 Å². The molecule has 2 rings (SSSR count). The first-order chi connectivity index (χ1) is 9.02. The van der Waals surface area contributed by atoms with Crippen molar-refractivity contribution in [2.24, 2.45) is 0 Å². The summed E-state index contributed by atoms with van der Waals surface area (Å²) >= 11 is 1.80. The highest BCUT2D eigenvalue weighted by atomic mass is 32.1. The van der Waals surface area contributed by atoms with Crippen molar-refractivity contribution < 1.29 is 4.52 Å². The Morgan fingerprint density at radius 3 is 2.63 bits per heavy atom. The fourth-order valence-corrected chi connectivity index (χ4v) is 2.89. The van der Waals surface area contributed by atoms with E-state index in [1.165, 1.54) is 10.4 Å². The summed E-state index contributed by atoms with van der Waals surface area (Å²) in [4.78, 5) is 9.94. The van der Waals surface area contributed by atoms with Crippen LogP contribution in [-0.4, -0.2) is 41.1 Å². The maximum absolute atomic E-state index is 4.97. The number of nitrogens with zero attached hydrogens (tertiary/aromatic N) is 4. The predicted octanol–water partition coefficient (Wildman–Crippen LogP) is 2.13. The molecule has 2 heterocycles. The number of aryl methyl sites for hydroxylation is 1. The lowest BCUT2D eigenvalue weighted by Gasteiger charge is -2.12. The molecule has 0 atom stereocenters. The zero-order valence-corrected chi connectivity index (χ0v) is 12.7. The van der Waals surface area contributed by atoms with Gasteiger partial charge in [0.2, 0.25) is 5.89 Å². The summed E-state index contributed by atoms with van der Waals surface area (Å²) in [5, 5.41) is 6.13. The number of rotatable bonds is 6. The van der Waals surface area contributed by atoms with Crippen molar-refractivity contribution in [3.63, 3.8) is 0 Å². The van der Waals surface area contributed by atoms with Gasteiger partial charge in [0.25, 0.3) is 0 Å². The van der Waals surface area contributed by atoms with Gasteiger partial charge in [0.15, 0.2) is 5.82 Å². The van der Waals surface area contributed by atoms with Gasteiger partial charge in [-0.3, -0.25) is 4.90 Å². The maximum Gasteiger partial charge on any atom is 0.223 e. The second-order valence-electron chi connectivity index (χ2n) is 5.06. The number of hydrogen-bond donors (Lipinski definition) is 0. The lowest BCUT2D eigenvalue weighted by Crippen LogP contribution is -2.17. The Morgan fingerprint density at radius 2 is 2.00 bits per heavy atom. The van der Waals surface area contributed by atoms with Crippen molar-refractivity contribution >= 4 is 11.3 Å². The van der Waals surface area contributed by atoms with E-state index in [9.17, 15) is 0 Å². The number of thiophene rings is 1. The predicted molar refractivity (Wildman–Crippen MR) is 75.9 cm³/mol. The largest absolute Gasteiger partial charge is 0.340 e. The molecule has 0 radical (unpaired) electrons. The van der Waals surface area contributed by atoms with Crippen LogP contribution in [0.25, 0.3) is 0 Å². The fourth-order valence-electron chi connectivity index (χ4n) is 1.93. The Hall–Kier alpha value is -1.24. The fraction of sp³-hybridized carbons (Fsp3) is 0.538. The Morgan fingerprint density at radius 1 is 1.21 bits per heavy atom. The van der Waals surface area contributed by atoms with E-state index >= 15 is 0 Å². The molecule has 0 aromatic carbocycles. The van der Waals surface area contributed by atoms with Crippen LogP contribution in [-0.2, 0) is 19.6 Å². The van der Waals surface area contributed by atoms with Gasteiger partial charge in [-0.05, 0) is 38.2 Å². The lowest BCUT2D eigenvalue weighted by atomic mass is 10.3. The van der Waals surface area contributed by atoms with Crippen molar-refractivity contribution in [2.75, 3.05) is 21.1 Å². The molecule has 19 heavy (non-hydrogen) atoms. The van der Waals surface area contributed by atoms with E-state index in [0.717, 1.165) is 18.9 Å². The van der Waals surface area contributed by atoms with Crippen LogP contribution in [0, 0.1) is 6.92 Å². The molecular formula is C13H20N4OS. The van der Waals surface area contributed by atoms with Gasteiger partial charge in [0.1, 0.15) is 0 Å². The van der Waals surface area contributed by atoms with Gasteiger partial charge < -0.3 is 9.42 Å². The Labute approximate surface area is 117 Å². The zero-order chi connectivity index (χ0) is 13.8. The summed E-state index contributed by atoms with van der Waals surface area (Å²) in [5.41, 5.74) is 1.37. The van der Waals surface area contributed by atoms with Crippen LogP contribution in [0.5, 0.6) is 0 Å². The Kier molecular flexibility index (Phi) is 4.68. The van der Waals surface area contributed by atoms with Crippen LogP contribution < -0.4 is 0 Å². The van der Waals surface area contributed by atoms with Crippen LogP contribution in [0.3, 0.4) is 0 Å². The van der Waals surface area contributed by atoms with Crippen LogP contribution in [0.1, 0.15) is 22.2 Å². The minimum Gasteiger partial charge on any atom is -0.340 e. The van der Waals surface area contributed by atoms with Gasteiger partial charge >= 0.3 is 0 Å². The molecule has 0 N–H and O–H groups in total. The van der Waals surface area contributed by atoms with Crippen LogP contribution in [0.4, 0.5) is 0 Å². The molecule has 2 aromatic heterocycles. The highest BCUT2D eigenvalue weighted by molar-refractivity contribution is 7.10. The Bertz CT molecular complexity index is 520. The number of aromatic nitrogens is 2. The van der Waals surface area contributed by atoms with Crippen molar-refractivity contribution in [3.05, 3.63) is 33.6 Å². The first-order valence-electron chi connectivity index (χ1n) is 6.21. The molecule has 0 unspecified atom stereocenters. The van der Waals surface area contributed by atoms with Crippen molar-refractivity contribution in [3.8, 4) is 0 Å². The first-order valence-corrected chi connectivity index (χ1v) is 7.09. The highest BCUT2D eigenvalue weighted by Gasteiger charge is 2.08. The van der Waals surface area contributed by atoms with E-state index in [2.05, 4.69) is 52.5 Å². The normalized spacial score (nSPS) is 11.7. The monoisotopic (exact) mass is 280 g/mol. The van der Waals surface area contributed by atoms with Gasteiger partial charge in [-0.1, -0.05) is 5.16 Å².